The average molecular weight is 675 g/mol. The minimum absolute atomic E-state index is 0.471. The highest BCUT2D eigenvalue weighted by Crippen LogP contribution is 2.64. The van der Waals surface area contributed by atoms with Crippen molar-refractivity contribution in [1.29, 1.82) is 0 Å². The van der Waals surface area contributed by atoms with Crippen molar-refractivity contribution < 1.29 is 4.42 Å². The fourth-order valence-electron chi connectivity index (χ4n) is 9.45. The lowest BCUT2D eigenvalue weighted by molar-refractivity contribution is 0.669. The third-order valence-corrected chi connectivity index (χ3v) is 11.6. The fourth-order valence-corrected chi connectivity index (χ4v) is 9.45. The Kier molecular flexibility index (Phi) is 5.70. The monoisotopic (exact) mass is 674 g/mol. The summed E-state index contributed by atoms with van der Waals surface area (Å²) in [6, 6.07) is 65.8. The standard InChI is InChI=1S/C50H30N2O/c1-2-12-32(13-3-1)49-51-44-19-9-10-20-45(44)52(49)34-25-22-31(23-26-34)33-24-27-36-35-14-4-7-17-40(35)50(43(36)30-33)41-18-8-5-16-39(41)47-42(50)29-28-38-37-15-6-11-21-46(37)53-48(38)47/h1-30H. The van der Waals surface area contributed by atoms with Crippen LogP contribution in [-0.2, 0) is 5.41 Å². The lowest BCUT2D eigenvalue weighted by Gasteiger charge is -2.30. The summed E-state index contributed by atoms with van der Waals surface area (Å²) in [4.78, 5) is 5.06. The molecule has 3 heteroatoms. The molecule has 0 amide bonds. The van der Waals surface area contributed by atoms with E-state index in [0.29, 0.717) is 0 Å². The minimum Gasteiger partial charge on any atom is -0.455 e. The van der Waals surface area contributed by atoms with Gasteiger partial charge in [-0.05, 0) is 86.5 Å². The zero-order valence-electron chi connectivity index (χ0n) is 28.6. The smallest absolute Gasteiger partial charge is 0.145 e. The molecule has 1 unspecified atom stereocenters. The Morgan fingerprint density at radius 2 is 1.13 bits per heavy atom. The van der Waals surface area contributed by atoms with E-state index < -0.39 is 5.41 Å². The van der Waals surface area contributed by atoms with Crippen LogP contribution in [0.4, 0.5) is 0 Å². The summed E-state index contributed by atoms with van der Waals surface area (Å²) in [5.74, 6) is 0.939. The molecule has 2 aliphatic carbocycles. The molecule has 12 rings (SSSR count). The fraction of sp³-hybridized carbons (Fsp3) is 0.0200. The van der Waals surface area contributed by atoms with E-state index in [2.05, 4.69) is 180 Å². The van der Waals surface area contributed by atoms with Gasteiger partial charge >= 0.3 is 0 Å². The van der Waals surface area contributed by atoms with Crippen molar-refractivity contribution >= 4 is 33.0 Å². The molecule has 0 saturated heterocycles. The third-order valence-electron chi connectivity index (χ3n) is 11.6. The molecule has 1 spiro atoms. The number of benzene rings is 8. The molecule has 3 nitrogen and oxygen atoms in total. The lowest BCUT2D eigenvalue weighted by atomic mass is 9.70. The predicted octanol–water partition coefficient (Wildman–Crippen LogP) is 12.6. The van der Waals surface area contributed by atoms with E-state index >= 15 is 0 Å². The minimum atomic E-state index is -0.471. The van der Waals surface area contributed by atoms with Crippen molar-refractivity contribution in [2.45, 2.75) is 5.41 Å². The third kappa shape index (κ3) is 3.75. The summed E-state index contributed by atoms with van der Waals surface area (Å²) < 4.78 is 8.99. The molecule has 0 N–H and O–H groups in total. The summed E-state index contributed by atoms with van der Waals surface area (Å²) in [5.41, 5.74) is 18.3. The van der Waals surface area contributed by atoms with Crippen LogP contribution in [0, 0.1) is 0 Å². The van der Waals surface area contributed by atoms with Crippen LogP contribution in [0.3, 0.4) is 0 Å². The first-order valence-corrected chi connectivity index (χ1v) is 18.2. The zero-order valence-corrected chi connectivity index (χ0v) is 28.6. The number of aromatic nitrogens is 2. The van der Waals surface area contributed by atoms with Crippen LogP contribution in [0.5, 0.6) is 0 Å². The van der Waals surface area contributed by atoms with Crippen molar-refractivity contribution in [2.24, 2.45) is 0 Å². The molecule has 2 aliphatic rings. The molecule has 0 bridgehead atoms. The van der Waals surface area contributed by atoms with E-state index in [9.17, 15) is 0 Å². The molecule has 8 aromatic carbocycles. The van der Waals surface area contributed by atoms with E-state index in [0.717, 1.165) is 50.0 Å². The van der Waals surface area contributed by atoms with Crippen LogP contribution in [0.1, 0.15) is 22.3 Å². The van der Waals surface area contributed by atoms with Gasteiger partial charge in [0.2, 0.25) is 0 Å². The Balaban J connectivity index is 1.06. The molecular formula is C50H30N2O. The van der Waals surface area contributed by atoms with E-state index in [4.69, 9.17) is 9.40 Å². The van der Waals surface area contributed by atoms with E-state index in [1.807, 2.05) is 6.07 Å². The molecule has 0 saturated carbocycles. The maximum absolute atomic E-state index is 6.72. The maximum atomic E-state index is 6.72. The number of para-hydroxylation sites is 3. The van der Waals surface area contributed by atoms with Gasteiger partial charge < -0.3 is 4.42 Å². The Hall–Kier alpha value is -6.97. The van der Waals surface area contributed by atoms with E-state index in [1.54, 1.807) is 0 Å². The van der Waals surface area contributed by atoms with Gasteiger partial charge in [0.25, 0.3) is 0 Å². The number of imidazole rings is 1. The number of rotatable bonds is 3. The van der Waals surface area contributed by atoms with Crippen LogP contribution < -0.4 is 0 Å². The number of nitrogens with zero attached hydrogens (tertiary/aromatic N) is 2. The Morgan fingerprint density at radius 3 is 2.00 bits per heavy atom. The van der Waals surface area contributed by atoms with Crippen LogP contribution >= 0.6 is 0 Å². The zero-order chi connectivity index (χ0) is 34.7. The molecule has 53 heavy (non-hydrogen) atoms. The average Bonchev–Trinajstić information content (AvgIpc) is 3.96. The molecule has 246 valence electrons. The lowest BCUT2D eigenvalue weighted by Crippen LogP contribution is -2.25. The van der Waals surface area contributed by atoms with Crippen molar-refractivity contribution in [1.82, 2.24) is 9.55 Å². The normalized spacial score (nSPS) is 15.2. The van der Waals surface area contributed by atoms with Crippen LogP contribution in [-0.4, -0.2) is 9.55 Å². The largest absolute Gasteiger partial charge is 0.455 e. The van der Waals surface area contributed by atoms with Gasteiger partial charge in [-0.25, -0.2) is 4.98 Å². The molecule has 2 aromatic heterocycles. The molecule has 2 heterocycles. The first-order valence-electron chi connectivity index (χ1n) is 18.2. The quantitative estimate of drug-likeness (QED) is 0.187. The van der Waals surface area contributed by atoms with Gasteiger partial charge in [-0.3, -0.25) is 4.57 Å². The van der Waals surface area contributed by atoms with Crippen LogP contribution in [0.25, 0.3) is 83.4 Å². The Bertz CT molecular complexity index is 3110. The van der Waals surface area contributed by atoms with Crippen molar-refractivity contribution in [3.05, 3.63) is 204 Å². The van der Waals surface area contributed by atoms with Crippen LogP contribution in [0.15, 0.2) is 186 Å². The summed E-state index contributed by atoms with van der Waals surface area (Å²) in [6.45, 7) is 0. The SMILES string of the molecule is c1ccc(-c2nc3ccccc3n2-c2ccc(-c3ccc4c(c3)C3(c5ccccc5-4)c4ccccc4-c4c3ccc3c4oc4ccccc43)cc2)cc1. The van der Waals surface area contributed by atoms with Gasteiger partial charge in [0.1, 0.15) is 17.0 Å². The van der Waals surface area contributed by atoms with Crippen molar-refractivity contribution in [2.75, 3.05) is 0 Å². The van der Waals surface area contributed by atoms with Gasteiger partial charge in [0.15, 0.2) is 0 Å². The number of fused-ring (bicyclic) bond motifs is 15. The summed E-state index contributed by atoms with van der Waals surface area (Å²) in [7, 11) is 0. The highest BCUT2D eigenvalue weighted by Gasteiger charge is 2.52. The van der Waals surface area contributed by atoms with E-state index in [-0.39, 0.29) is 0 Å². The maximum Gasteiger partial charge on any atom is 0.145 e. The number of hydrogen-bond donors (Lipinski definition) is 0. The summed E-state index contributed by atoms with van der Waals surface area (Å²) >= 11 is 0. The molecule has 10 aromatic rings. The molecule has 0 fully saturated rings. The first kappa shape index (κ1) is 28.7. The summed E-state index contributed by atoms with van der Waals surface area (Å²) in [6.07, 6.45) is 0. The topological polar surface area (TPSA) is 31.0 Å². The highest BCUT2D eigenvalue weighted by atomic mass is 16.3. The van der Waals surface area contributed by atoms with Crippen molar-refractivity contribution in [3.8, 4) is 50.5 Å². The van der Waals surface area contributed by atoms with Gasteiger partial charge in [-0.2, -0.15) is 0 Å². The van der Waals surface area contributed by atoms with E-state index in [1.165, 1.54) is 55.6 Å². The van der Waals surface area contributed by atoms with Gasteiger partial charge in [0.05, 0.1) is 16.4 Å². The highest BCUT2D eigenvalue weighted by molar-refractivity contribution is 6.13. The van der Waals surface area contributed by atoms with Gasteiger partial charge in [-0.1, -0.05) is 146 Å². The molecule has 0 aliphatic heterocycles. The van der Waals surface area contributed by atoms with Crippen molar-refractivity contribution in [3.63, 3.8) is 0 Å². The number of furan rings is 1. The second-order valence-corrected chi connectivity index (χ2v) is 14.2. The predicted molar refractivity (Wildman–Crippen MR) is 216 cm³/mol. The second kappa shape index (κ2) is 10.5. The number of hydrogen-bond acceptors (Lipinski definition) is 2. The molecular weight excluding hydrogens is 645 g/mol. The first-order chi connectivity index (χ1) is 26.3. The van der Waals surface area contributed by atoms with Gasteiger partial charge in [-0.15, -0.1) is 0 Å². The summed E-state index contributed by atoms with van der Waals surface area (Å²) in [5, 5.41) is 2.31. The Morgan fingerprint density at radius 1 is 0.453 bits per heavy atom. The molecule has 0 radical (unpaired) electrons. The molecule has 1 atom stereocenters. The van der Waals surface area contributed by atoms with Gasteiger partial charge in [0, 0.05) is 27.6 Å². The second-order valence-electron chi connectivity index (χ2n) is 14.2. The Labute approximate surface area is 306 Å². The van der Waals surface area contributed by atoms with Crippen LogP contribution in [0.2, 0.25) is 0 Å².